The Morgan fingerprint density at radius 2 is 1.92 bits per heavy atom. The van der Waals surface area contributed by atoms with E-state index in [2.05, 4.69) is 27.0 Å². The van der Waals surface area contributed by atoms with Gasteiger partial charge in [0.1, 0.15) is 0 Å². The van der Waals surface area contributed by atoms with Crippen molar-refractivity contribution < 1.29 is 9.53 Å². The first-order valence-corrected chi connectivity index (χ1v) is 9.43. The fraction of sp³-hybridized carbons (Fsp3) is 0.889. The topological polar surface area (TPSA) is 83.2 Å². The Morgan fingerprint density at radius 3 is 2.50 bits per heavy atom. The Hall–Kier alpha value is -0.610. The lowest BCUT2D eigenvalue weighted by Crippen LogP contribution is -2.48. The van der Waals surface area contributed by atoms with E-state index >= 15 is 0 Å². The molecule has 0 aromatic heterocycles. The zero-order valence-electron chi connectivity index (χ0n) is 16.7. The summed E-state index contributed by atoms with van der Waals surface area (Å²) in [6.07, 6.45) is 2.35. The van der Waals surface area contributed by atoms with Gasteiger partial charge < -0.3 is 20.7 Å². The normalized spacial score (nSPS) is 23.5. The van der Waals surface area contributed by atoms with Crippen molar-refractivity contribution in [2.24, 2.45) is 16.6 Å². The van der Waals surface area contributed by atoms with Gasteiger partial charge in [0.05, 0.1) is 19.3 Å². The average Bonchev–Trinajstić information content (AvgIpc) is 2.52. The first-order valence-electron chi connectivity index (χ1n) is 9.43. The monoisotopic (exact) mass is 481 g/mol. The summed E-state index contributed by atoms with van der Waals surface area (Å²) in [6.45, 7) is 13.6. The molecule has 0 aromatic carbocycles. The Morgan fingerprint density at radius 1 is 1.27 bits per heavy atom. The number of likely N-dealkylation sites (tertiary alicyclic amines) is 1. The van der Waals surface area contributed by atoms with Crippen molar-refractivity contribution >= 4 is 35.8 Å². The predicted octanol–water partition coefficient (Wildman–Crippen LogP) is 1.27. The minimum absolute atomic E-state index is 0. The van der Waals surface area contributed by atoms with Crippen LogP contribution in [-0.4, -0.2) is 79.2 Å². The van der Waals surface area contributed by atoms with E-state index in [0.29, 0.717) is 25.0 Å². The molecule has 2 aliphatic heterocycles. The molecular weight excluding hydrogens is 445 g/mol. The van der Waals surface area contributed by atoms with Crippen molar-refractivity contribution in [2.75, 3.05) is 45.9 Å². The molecule has 0 aromatic rings. The summed E-state index contributed by atoms with van der Waals surface area (Å²) in [6, 6.07) is 0. The third-order valence-electron chi connectivity index (χ3n) is 4.67. The van der Waals surface area contributed by atoms with Crippen LogP contribution in [-0.2, 0) is 9.53 Å². The second-order valence-corrected chi connectivity index (χ2v) is 8.34. The Bertz CT molecular complexity index is 473. The van der Waals surface area contributed by atoms with Crippen LogP contribution in [0.2, 0.25) is 0 Å². The van der Waals surface area contributed by atoms with Crippen LogP contribution in [0.4, 0.5) is 0 Å². The highest BCUT2D eigenvalue weighted by molar-refractivity contribution is 14.0. The highest BCUT2D eigenvalue weighted by Crippen LogP contribution is 2.17. The molecule has 0 spiro atoms. The van der Waals surface area contributed by atoms with Gasteiger partial charge in [-0.3, -0.25) is 14.7 Å². The minimum atomic E-state index is -0.168. The zero-order chi connectivity index (χ0) is 18.4. The summed E-state index contributed by atoms with van der Waals surface area (Å²) in [5, 5.41) is 3.02. The van der Waals surface area contributed by atoms with Gasteiger partial charge in [-0.05, 0) is 59.5 Å². The van der Waals surface area contributed by atoms with Gasteiger partial charge in [-0.25, -0.2) is 0 Å². The van der Waals surface area contributed by atoms with Gasteiger partial charge in [-0.15, -0.1) is 24.0 Å². The number of piperidine rings is 1. The maximum atomic E-state index is 12.0. The molecule has 1 unspecified atom stereocenters. The molecule has 7 nitrogen and oxygen atoms in total. The number of hydrogen-bond donors (Lipinski definition) is 2. The number of carbonyl (C=O) groups is 1. The molecule has 2 heterocycles. The average molecular weight is 481 g/mol. The Labute approximate surface area is 175 Å². The second kappa shape index (κ2) is 10.7. The van der Waals surface area contributed by atoms with E-state index in [0.717, 1.165) is 45.6 Å². The lowest BCUT2D eigenvalue weighted by atomic mass is 9.97. The molecule has 0 aliphatic carbocycles. The van der Waals surface area contributed by atoms with E-state index in [9.17, 15) is 4.79 Å². The zero-order valence-corrected chi connectivity index (χ0v) is 19.0. The summed E-state index contributed by atoms with van der Waals surface area (Å²) in [5.74, 6) is 1.30. The molecule has 2 rings (SSSR count). The first kappa shape index (κ1) is 23.4. The Kier molecular flexibility index (Phi) is 9.60. The molecule has 2 fully saturated rings. The number of aliphatic imine (C=N–C) groups is 1. The number of halogens is 1. The third kappa shape index (κ3) is 8.39. The molecule has 1 amide bonds. The van der Waals surface area contributed by atoms with Crippen molar-refractivity contribution in [3.63, 3.8) is 0 Å². The number of nitrogens with one attached hydrogen (secondary N) is 1. The van der Waals surface area contributed by atoms with Gasteiger partial charge in [0.25, 0.3) is 0 Å². The predicted molar refractivity (Wildman–Crippen MR) is 116 cm³/mol. The summed E-state index contributed by atoms with van der Waals surface area (Å²) in [7, 11) is 0. The number of nitrogens with two attached hydrogens (primary N) is 1. The molecule has 0 saturated carbocycles. The van der Waals surface area contributed by atoms with Gasteiger partial charge in [0.2, 0.25) is 5.91 Å². The number of rotatable bonds is 4. The van der Waals surface area contributed by atoms with Crippen LogP contribution in [0.15, 0.2) is 4.99 Å². The number of ether oxygens (including phenoxy) is 1. The molecule has 0 bridgehead atoms. The minimum Gasteiger partial charge on any atom is -0.375 e. The lowest BCUT2D eigenvalue weighted by Gasteiger charge is -2.33. The Balaban J connectivity index is 0.00000338. The van der Waals surface area contributed by atoms with Crippen molar-refractivity contribution in [1.82, 2.24) is 15.1 Å². The number of guanidine groups is 1. The van der Waals surface area contributed by atoms with E-state index in [4.69, 9.17) is 10.5 Å². The van der Waals surface area contributed by atoms with Crippen LogP contribution in [0.1, 0.15) is 40.5 Å². The fourth-order valence-corrected chi connectivity index (χ4v) is 3.34. The summed E-state index contributed by atoms with van der Waals surface area (Å²) in [5.41, 5.74) is 5.97. The maximum Gasteiger partial charge on any atom is 0.234 e. The van der Waals surface area contributed by atoms with E-state index in [1.165, 1.54) is 0 Å². The third-order valence-corrected chi connectivity index (χ3v) is 4.67. The van der Waals surface area contributed by atoms with E-state index in [-0.39, 0.29) is 41.5 Å². The molecule has 152 valence electrons. The van der Waals surface area contributed by atoms with Crippen molar-refractivity contribution in [2.45, 2.75) is 52.2 Å². The van der Waals surface area contributed by atoms with Crippen molar-refractivity contribution in [3.05, 3.63) is 0 Å². The standard InChI is InChI=1S/C18H35N5O2.HI/c1-14-12-23(9-10-25-14)17(19)20-11-15-5-7-22(8-6-15)13-16(24)21-18(2,3)4;/h14-15H,5-13H2,1-4H3,(H2,19,20)(H,21,24);1H. The number of amides is 1. The summed E-state index contributed by atoms with van der Waals surface area (Å²) < 4.78 is 5.54. The molecule has 0 radical (unpaired) electrons. The van der Waals surface area contributed by atoms with Crippen LogP contribution in [0.3, 0.4) is 0 Å². The van der Waals surface area contributed by atoms with Crippen molar-refractivity contribution in [3.8, 4) is 0 Å². The highest BCUT2D eigenvalue weighted by Gasteiger charge is 2.23. The molecular formula is C18H36IN5O2. The van der Waals surface area contributed by atoms with Crippen LogP contribution in [0, 0.1) is 5.92 Å². The van der Waals surface area contributed by atoms with Gasteiger partial charge in [0.15, 0.2) is 5.96 Å². The first-order chi connectivity index (χ1) is 11.7. The summed E-state index contributed by atoms with van der Waals surface area (Å²) in [4.78, 5) is 21.0. The number of carbonyl (C=O) groups excluding carboxylic acids is 1. The molecule has 1 atom stereocenters. The van der Waals surface area contributed by atoms with Crippen LogP contribution in [0.25, 0.3) is 0 Å². The molecule has 26 heavy (non-hydrogen) atoms. The lowest BCUT2D eigenvalue weighted by molar-refractivity contribution is -0.124. The number of hydrogen-bond acceptors (Lipinski definition) is 4. The van der Waals surface area contributed by atoms with Gasteiger partial charge >= 0.3 is 0 Å². The number of morpholine rings is 1. The van der Waals surface area contributed by atoms with E-state index < -0.39 is 0 Å². The number of nitrogens with zero attached hydrogens (tertiary/aromatic N) is 3. The largest absolute Gasteiger partial charge is 0.375 e. The van der Waals surface area contributed by atoms with Gasteiger partial charge in [0, 0.05) is 25.2 Å². The van der Waals surface area contributed by atoms with Crippen molar-refractivity contribution in [1.29, 1.82) is 0 Å². The molecule has 8 heteroatoms. The van der Waals surface area contributed by atoms with Crippen LogP contribution >= 0.6 is 24.0 Å². The highest BCUT2D eigenvalue weighted by atomic mass is 127. The summed E-state index contributed by atoms with van der Waals surface area (Å²) >= 11 is 0. The van der Waals surface area contributed by atoms with E-state index in [1.54, 1.807) is 0 Å². The quantitative estimate of drug-likeness (QED) is 0.359. The second-order valence-electron chi connectivity index (χ2n) is 8.34. The van der Waals surface area contributed by atoms with Gasteiger partial charge in [-0.2, -0.15) is 0 Å². The van der Waals surface area contributed by atoms with Gasteiger partial charge in [-0.1, -0.05) is 0 Å². The van der Waals surface area contributed by atoms with Crippen LogP contribution in [0.5, 0.6) is 0 Å². The fourth-order valence-electron chi connectivity index (χ4n) is 3.34. The SMILES string of the molecule is CC1CN(C(N)=NCC2CCN(CC(=O)NC(C)(C)C)CC2)CCO1.I. The smallest absolute Gasteiger partial charge is 0.234 e. The molecule has 2 aliphatic rings. The maximum absolute atomic E-state index is 12.0. The van der Waals surface area contributed by atoms with E-state index in [1.807, 2.05) is 20.8 Å². The van der Waals surface area contributed by atoms with Crippen LogP contribution < -0.4 is 11.1 Å². The molecule has 3 N–H and O–H groups in total. The molecule has 2 saturated heterocycles.